The number of alkyl halides is 1. The van der Waals surface area contributed by atoms with Crippen molar-refractivity contribution in [1.29, 1.82) is 0 Å². The lowest BCUT2D eigenvalue weighted by Crippen LogP contribution is -2.24. The molecule has 0 aliphatic heterocycles. The van der Waals surface area contributed by atoms with Crippen LogP contribution in [0.3, 0.4) is 0 Å². The quantitative estimate of drug-likeness (QED) is 0.190. The van der Waals surface area contributed by atoms with Gasteiger partial charge in [0, 0.05) is 4.32 Å². The van der Waals surface area contributed by atoms with E-state index in [2.05, 4.69) is 22.5 Å². The van der Waals surface area contributed by atoms with Crippen LogP contribution in [0.15, 0.2) is 12.2 Å². The molecule has 0 radical (unpaired) electrons. The van der Waals surface area contributed by atoms with Gasteiger partial charge in [-0.15, -0.1) is 6.58 Å². The molecule has 0 aromatic rings. The van der Waals surface area contributed by atoms with Gasteiger partial charge in [-0.3, -0.25) is 0 Å². The topological polar surface area (TPSA) is 36.9 Å². The van der Waals surface area contributed by atoms with E-state index in [1.807, 2.05) is 27.7 Å². The predicted octanol–water partition coefficient (Wildman–Crippen LogP) is 3.80. The Labute approximate surface area is 119 Å². The summed E-state index contributed by atoms with van der Waals surface area (Å²) in [5, 5.41) is 0. The van der Waals surface area contributed by atoms with E-state index in [1.165, 1.54) is 0 Å². The number of hydrogen-bond acceptors (Lipinski definition) is 4. The summed E-state index contributed by atoms with van der Waals surface area (Å²) in [6.45, 7) is 13.1. The van der Waals surface area contributed by atoms with Crippen LogP contribution in [0.25, 0.3) is 0 Å². The van der Waals surface area contributed by atoms with Crippen molar-refractivity contribution in [3.8, 4) is 0 Å². The van der Waals surface area contributed by atoms with Gasteiger partial charge in [0.2, 0.25) is 0 Å². The van der Waals surface area contributed by atoms with Crippen LogP contribution in [0.4, 0.5) is 0 Å². The Morgan fingerprint density at radius 3 is 2.44 bits per heavy atom. The first-order chi connectivity index (χ1) is 8.35. The first-order valence-electron chi connectivity index (χ1n) is 6.21. The standard InChI is InChI=1S/C13H25BrO4/c1-6-15-18-12(8-7-11(2)3)9-16-17-10-13(4,5)14/h12H,2,6-10H2,1,3-5H3. The SMILES string of the molecule is C=C(C)CCC(COOCC(C)(C)Br)OOCC. The minimum atomic E-state index is -0.139. The van der Waals surface area contributed by atoms with Crippen molar-refractivity contribution < 1.29 is 19.6 Å². The van der Waals surface area contributed by atoms with Crippen molar-refractivity contribution in [2.24, 2.45) is 0 Å². The highest BCUT2D eigenvalue weighted by Gasteiger charge is 2.15. The van der Waals surface area contributed by atoms with Gasteiger partial charge in [-0.1, -0.05) is 21.5 Å². The Kier molecular flexibility index (Phi) is 9.95. The summed E-state index contributed by atoms with van der Waals surface area (Å²) >= 11 is 3.46. The fourth-order valence-electron chi connectivity index (χ4n) is 1.04. The van der Waals surface area contributed by atoms with E-state index in [1.54, 1.807) is 0 Å². The summed E-state index contributed by atoms with van der Waals surface area (Å²) in [4.78, 5) is 20.4. The molecule has 0 fully saturated rings. The first kappa shape index (κ1) is 18.1. The summed E-state index contributed by atoms with van der Waals surface area (Å²) in [5.41, 5.74) is 1.11. The summed E-state index contributed by atoms with van der Waals surface area (Å²) in [7, 11) is 0. The largest absolute Gasteiger partial charge is 0.237 e. The number of halogens is 1. The van der Waals surface area contributed by atoms with Crippen LogP contribution in [0.5, 0.6) is 0 Å². The van der Waals surface area contributed by atoms with Gasteiger partial charge in [-0.05, 0) is 40.5 Å². The molecule has 0 N–H and O–H groups in total. The van der Waals surface area contributed by atoms with Crippen LogP contribution in [0, 0.1) is 0 Å². The van der Waals surface area contributed by atoms with E-state index in [0.29, 0.717) is 19.8 Å². The van der Waals surface area contributed by atoms with Crippen LogP contribution >= 0.6 is 15.9 Å². The highest BCUT2D eigenvalue weighted by Crippen LogP contribution is 2.16. The maximum absolute atomic E-state index is 5.22. The van der Waals surface area contributed by atoms with Crippen LogP contribution in [0.2, 0.25) is 0 Å². The molecule has 0 spiro atoms. The molecule has 0 rings (SSSR count). The molecular weight excluding hydrogens is 300 g/mol. The summed E-state index contributed by atoms with van der Waals surface area (Å²) < 4.78 is -0.0963. The molecule has 0 heterocycles. The monoisotopic (exact) mass is 324 g/mol. The normalized spacial score (nSPS) is 13.6. The molecule has 0 saturated heterocycles. The highest BCUT2D eigenvalue weighted by molar-refractivity contribution is 9.10. The number of allylic oxidation sites excluding steroid dienone is 1. The van der Waals surface area contributed by atoms with Gasteiger partial charge in [-0.25, -0.2) is 19.6 Å². The van der Waals surface area contributed by atoms with Gasteiger partial charge >= 0.3 is 0 Å². The highest BCUT2D eigenvalue weighted by atomic mass is 79.9. The van der Waals surface area contributed by atoms with Crippen molar-refractivity contribution in [1.82, 2.24) is 0 Å². The molecule has 108 valence electrons. The lowest BCUT2D eigenvalue weighted by Gasteiger charge is -2.18. The van der Waals surface area contributed by atoms with E-state index in [4.69, 9.17) is 19.6 Å². The third-order valence-corrected chi connectivity index (χ3v) is 2.18. The predicted molar refractivity (Wildman–Crippen MR) is 75.5 cm³/mol. The van der Waals surface area contributed by atoms with Crippen LogP contribution in [0.1, 0.15) is 40.5 Å². The Balaban J connectivity index is 3.81. The van der Waals surface area contributed by atoms with Gasteiger partial charge in [-0.2, -0.15) is 0 Å². The molecule has 18 heavy (non-hydrogen) atoms. The molecule has 1 unspecified atom stereocenters. The van der Waals surface area contributed by atoms with E-state index >= 15 is 0 Å². The lowest BCUT2D eigenvalue weighted by atomic mass is 10.1. The minimum Gasteiger partial charge on any atom is -0.237 e. The molecule has 0 bridgehead atoms. The first-order valence-corrected chi connectivity index (χ1v) is 7.00. The summed E-state index contributed by atoms with van der Waals surface area (Å²) in [6.07, 6.45) is 1.54. The number of rotatable bonds is 11. The number of hydrogen-bond donors (Lipinski definition) is 0. The fourth-order valence-corrected chi connectivity index (χ4v) is 1.13. The van der Waals surface area contributed by atoms with E-state index < -0.39 is 0 Å². The molecule has 1 atom stereocenters. The Bertz CT molecular complexity index is 226. The molecule has 0 saturated carbocycles. The summed E-state index contributed by atoms with van der Waals surface area (Å²) in [5.74, 6) is 0. The van der Waals surface area contributed by atoms with Crippen LogP contribution in [-0.4, -0.2) is 30.2 Å². The minimum absolute atomic E-state index is 0.0963. The molecule has 0 aliphatic carbocycles. The van der Waals surface area contributed by atoms with Crippen molar-refractivity contribution in [3.05, 3.63) is 12.2 Å². The Morgan fingerprint density at radius 1 is 1.28 bits per heavy atom. The van der Waals surface area contributed by atoms with Crippen molar-refractivity contribution in [2.75, 3.05) is 19.8 Å². The Morgan fingerprint density at radius 2 is 1.94 bits per heavy atom. The second kappa shape index (κ2) is 9.92. The zero-order valence-corrected chi connectivity index (χ0v) is 13.4. The molecule has 0 aromatic carbocycles. The molecule has 0 aliphatic rings. The van der Waals surface area contributed by atoms with Crippen molar-refractivity contribution in [2.45, 2.75) is 51.0 Å². The maximum Gasteiger partial charge on any atom is 0.120 e. The fraction of sp³-hybridized carbons (Fsp3) is 0.846. The zero-order valence-electron chi connectivity index (χ0n) is 11.8. The van der Waals surface area contributed by atoms with E-state index in [-0.39, 0.29) is 10.4 Å². The molecular formula is C13H25BrO4. The molecule has 0 amide bonds. The third kappa shape index (κ3) is 12.5. The van der Waals surface area contributed by atoms with Crippen LogP contribution in [-0.2, 0) is 19.6 Å². The average Bonchev–Trinajstić information content (AvgIpc) is 2.25. The lowest BCUT2D eigenvalue weighted by molar-refractivity contribution is -0.366. The third-order valence-electron chi connectivity index (χ3n) is 1.95. The van der Waals surface area contributed by atoms with Gasteiger partial charge < -0.3 is 0 Å². The second-order valence-corrected chi connectivity index (χ2v) is 7.03. The Hall–Kier alpha value is 0.0600. The maximum atomic E-state index is 5.22. The molecule has 0 aromatic heterocycles. The second-order valence-electron chi connectivity index (χ2n) is 4.89. The van der Waals surface area contributed by atoms with Gasteiger partial charge in [0.05, 0.1) is 13.2 Å². The van der Waals surface area contributed by atoms with Crippen molar-refractivity contribution >= 4 is 15.9 Å². The van der Waals surface area contributed by atoms with E-state index in [0.717, 1.165) is 18.4 Å². The summed E-state index contributed by atoms with van der Waals surface area (Å²) in [6, 6.07) is 0. The zero-order chi connectivity index (χ0) is 14.0. The van der Waals surface area contributed by atoms with Crippen LogP contribution < -0.4 is 0 Å². The van der Waals surface area contributed by atoms with Gasteiger partial charge in [0.15, 0.2) is 0 Å². The molecule has 5 heteroatoms. The van der Waals surface area contributed by atoms with Gasteiger partial charge in [0.25, 0.3) is 0 Å². The van der Waals surface area contributed by atoms with Gasteiger partial charge in [0.1, 0.15) is 12.7 Å². The average molecular weight is 325 g/mol. The van der Waals surface area contributed by atoms with E-state index in [9.17, 15) is 0 Å². The smallest absolute Gasteiger partial charge is 0.120 e. The van der Waals surface area contributed by atoms with Crippen molar-refractivity contribution in [3.63, 3.8) is 0 Å². The molecule has 4 nitrogen and oxygen atoms in total.